The molecular formula is C5H18BrNO2P2. The average Bonchev–Trinajstić information content (AvgIpc) is 1.64. The highest BCUT2D eigenvalue weighted by Gasteiger charge is 2.14. The zero-order valence-electron chi connectivity index (χ0n) is 6.91. The van der Waals surface area contributed by atoms with E-state index >= 15 is 0 Å². The summed E-state index contributed by atoms with van der Waals surface area (Å²) in [5.74, 6) is -0.910. The molecule has 0 bridgehead atoms. The molecule has 0 spiro atoms. The van der Waals surface area contributed by atoms with Crippen LogP contribution in [0.3, 0.4) is 0 Å². The Morgan fingerprint density at radius 3 is 1.64 bits per heavy atom. The largest absolute Gasteiger partial charge is 0.480 e. The zero-order valence-corrected chi connectivity index (χ0v) is 11.5. The molecule has 0 saturated heterocycles. The van der Waals surface area contributed by atoms with Gasteiger partial charge in [0.25, 0.3) is 0 Å². The summed E-state index contributed by atoms with van der Waals surface area (Å²) < 4.78 is 0. The van der Waals surface area contributed by atoms with E-state index in [4.69, 9.17) is 10.8 Å². The van der Waals surface area contributed by atoms with Crippen LogP contribution >= 0.6 is 36.8 Å². The summed E-state index contributed by atoms with van der Waals surface area (Å²) in [6, 6.07) is -0.713. The molecule has 0 saturated carbocycles. The van der Waals surface area contributed by atoms with Gasteiger partial charge in [0.05, 0.1) is 0 Å². The van der Waals surface area contributed by atoms with Gasteiger partial charge in [-0.3, -0.25) is 4.79 Å². The summed E-state index contributed by atoms with van der Waals surface area (Å²) >= 11 is 0. The Kier molecular flexibility index (Phi) is 22.1. The van der Waals surface area contributed by atoms with Crippen LogP contribution in [-0.4, -0.2) is 17.1 Å². The number of halogens is 1. The molecule has 0 aromatic rings. The van der Waals surface area contributed by atoms with Crippen LogP contribution < -0.4 is 5.73 Å². The minimum absolute atomic E-state index is 0. The maximum atomic E-state index is 10.0. The average molecular weight is 266 g/mol. The van der Waals surface area contributed by atoms with Crippen molar-refractivity contribution in [2.45, 2.75) is 19.9 Å². The third-order valence-corrected chi connectivity index (χ3v) is 1.00. The predicted octanol–water partition coefficient (Wildman–Crippen LogP) is 0.748. The lowest BCUT2D eigenvalue weighted by molar-refractivity contribution is -0.139. The molecule has 0 radical (unpaired) electrons. The SMILES string of the molecule is Br.CC(C)[C@H](N)C(=O)O.P.P. The second-order valence-electron chi connectivity index (χ2n) is 2.11. The van der Waals surface area contributed by atoms with Gasteiger partial charge in [0.1, 0.15) is 6.04 Å². The number of hydrogen-bond donors (Lipinski definition) is 2. The summed E-state index contributed by atoms with van der Waals surface area (Å²) in [6.45, 7) is 3.55. The monoisotopic (exact) mass is 265 g/mol. The lowest BCUT2D eigenvalue weighted by Gasteiger charge is -2.07. The summed E-state index contributed by atoms with van der Waals surface area (Å²) in [5.41, 5.74) is 5.16. The number of rotatable bonds is 2. The molecule has 0 aliphatic carbocycles. The number of aliphatic carboxylic acids is 1. The molecule has 11 heavy (non-hydrogen) atoms. The maximum absolute atomic E-state index is 10.0. The van der Waals surface area contributed by atoms with Crippen LogP contribution in [0, 0.1) is 5.92 Å². The normalized spacial score (nSPS) is 10.2. The van der Waals surface area contributed by atoms with Gasteiger partial charge in [-0.05, 0) is 5.92 Å². The fraction of sp³-hybridized carbons (Fsp3) is 0.800. The van der Waals surface area contributed by atoms with Gasteiger partial charge in [0.2, 0.25) is 0 Å². The van der Waals surface area contributed by atoms with Crippen molar-refractivity contribution in [2.24, 2.45) is 11.7 Å². The Balaban J connectivity index is -0.0000000817. The van der Waals surface area contributed by atoms with Gasteiger partial charge in [-0.2, -0.15) is 19.8 Å². The van der Waals surface area contributed by atoms with Crippen molar-refractivity contribution in [3.8, 4) is 0 Å². The molecule has 3 nitrogen and oxygen atoms in total. The summed E-state index contributed by atoms with van der Waals surface area (Å²) in [6.07, 6.45) is 0. The quantitative estimate of drug-likeness (QED) is 0.725. The molecule has 0 aliphatic rings. The van der Waals surface area contributed by atoms with Crippen molar-refractivity contribution in [3.63, 3.8) is 0 Å². The molecule has 0 amide bonds. The fourth-order valence-corrected chi connectivity index (χ4v) is 0.285. The van der Waals surface area contributed by atoms with E-state index in [0.29, 0.717) is 0 Å². The van der Waals surface area contributed by atoms with Gasteiger partial charge in [-0.15, -0.1) is 17.0 Å². The standard InChI is InChI=1S/C5H11NO2.BrH.2H3P/c1-3(2)4(6)5(7)8;;;/h3-4H,6H2,1-2H3,(H,7,8);1H;2*1H3/t4-;;;/m0.../s1. The maximum Gasteiger partial charge on any atom is 0.320 e. The molecule has 0 heterocycles. The van der Waals surface area contributed by atoms with Gasteiger partial charge in [0, 0.05) is 0 Å². The van der Waals surface area contributed by atoms with E-state index in [0.717, 1.165) is 0 Å². The van der Waals surface area contributed by atoms with Gasteiger partial charge >= 0.3 is 5.97 Å². The topological polar surface area (TPSA) is 63.3 Å². The third kappa shape index (κ3) is 10.8. The molecular weight excluding hydrogens is 248 g/mol. The first-order valence-corrected chi connectivity index (χ1v) is 2.54. The molecule has 2 unspecified atom stereocenters. The van der Waals surface area contributed by atoms with Crippen molar-refractivity contribution in [1.29, 1.82) is 0 Å². The van der Waals surface area contributed by atoms with Crippen LogP contribution in [0.4, 0.5) is 0 Å². The molecule has 0 aliphatic heterocycles. The smallest absolute Gasteiger partial charge is 0.320 e. The Morgan fingerprint density at radius 2 is 1.64 bits per heavy atom. The second kappa shape index (κ2) is 10.8. The number of carbonyl (C=O) groups is 1. The van der Waals surface area contributed by atoms with E-state index in [9.17, 15) is 4.79 Å². The molecule has 0 rings (SSSR count). The van der Waals surface area contributed by atoms with E-state index in [1.165, 1.54) is 0 Å². The molecule has 6 heteroatoms. The fourth-order valence-electron chi connectivity index (χ4n) is 0.285. The number of carboxylic acid groups (broad SMARTS) is 1. The number of carboxylic acids is 1. The van der Waals surface area contributed by atoms with Crippen molar-refractivity contribution in [1.82, 2.24) is 0 Å². The predicted molar refractivity (Wildman–Crippen MR) is 63.0 cm³/mol. The minimum atomic E-state index is -0.931. The molecule has 0 fully saturated rings. The highest BCUT2D eigenvalue weighted by molar-refractivity contribution is 8.93. The highest BCUT2D eigenvalue weighted by atomic mass is 79.9. The van der Waals surface area contributed by atoms with E-state index in [1.807, 2.05) is 0 Å². The molecule has 0 aromatic carbocycles. The molecule has 0 aromatic heterocycles. The summed E-state index contributed by atoms with van der Waals surface area (Å²) in [5, 5.41) is 8.23. The Hall–Kier alpha value is 0.770. The van der Waals surface area contributed by atoms with E-state index in [2.05, 4.69) is 0 Å². The lowest BCUT2D eigenvalue weighted by atomic mass is 10.1. The van der Waals surface area contributed by atoms with Gasteiger partial charge < -0.3 is 10.8 Å². The van der Waals surface area contributed by atoms with Crippen LogP contribution in [0.2, 0.25) is 0 Å². The first-order valence-electron chi connectivity index (χ1n) is 2.54. The van der Waals surface area contributed by atoms with E-state index < -0.39 is 12.0 Å². The van der Waals surface area contributed by atoms with Crippen LogP contribution in [0.15, 0.2) is 0 Å². The van der Waals surface area contributed by atoms with Gasteiger partial charge in [-0.25, -0.2) is 0 Å². The lowest BCUT2D eigenvalue weighted by Crippen LogP contribution is -2.34. The Bertz CT molecular complexity index is 102. The highest BCUT2D eigenvalue weighted by Crippen LogP contribution is 1.96. The molecule has 72 valence electrons. The van der Waals surface area contributed by atoms with Crippen molar-refractivity contribution >= 4 is 42.7 Å². The third-order valence-electron chi connectivity index (χ3n) is 1.00. The Labute approximate surface area is 84.5 Å². The van der Waals surface area contributed by atoms with Crippen LogP contribution in [-0.2, 0) is 4.79 Å². The van der Waals surface area contributed by atoms with Gasteiger partial charge in [0.15, 0.2) is 0 Å². The van der Waals surface area contributed by atoms with E-state index in [-0.39, 0.29) is 42.7 Å². The minimum Gasteiger partial charge on any atom is -0.480 e. The Morgan fingerprint density at radius 1 is 1.36 bits per heavy atom. The van der Waals surface area contributed by atoms with Crippen LogP contribution in [0.5, 0.6) is 0 Å². The number of hydrogen-bond acceptors (Lipinski definition) is 2. The van der Waals surface area contributed by atoms with Crippen molar-refractivity contribution in [2.75, 3.05) is 0 Å². The summed E-state index contributed by atoms with van der Waals surface area (Å²) in [7, 11) is 0. The van der Waals surface area contributed by atoms with Crippen molar-refractivity contribution < 1.29 is 9.90 Å². The van der Waals surface area contributed by atoms with Crippen LogP contribution in [0.25, 0.3) is 0 Å². The van der Waals surface area contributed by atoms with Gasteiger partial charge in [-0.1, -0.05) is 13.8 Å². The van der Waals surface area contributed by atoms with E-state index in [1.54, 1.807) is 13.8 Å². The van der Waals surface area contributed by atoms with Crippen LogP contribution in [0.1, 0.15) is 13.8 Å². The van der Waals surface area contributed by atoms with Crippen molar-refractivity contribution in [3.05, 3.63) is 0 Å². The molecule has 3 N–H and O–H groups in total. The first kappa shape index (κ1) is 22.6. The summed E-state index contributed by atoms with van der Waals surface area (Å²) in [4.78, 5) is 10.0. The molecule has 3 atom stereocenters. The number of nitrogens with two attached hydrogens (primary N) is 1. The zero-order chi connectivity index (χ0) is 6.73. The second-order valence-corrected chi connectivity index (χ2v) is 2.11. The first-order chi connectivity index (χ1) is 3.55.